The minimum Gasteiger partial charge on any atom is -0.258 e. The molecule has 0 amide bonds. The Balaban J connectivity index is 1.64. The van der Waals surface area contributed by atoms with Crippen molar-refractivity contribution >= 4 is 11.3 Å². The van der Waals surface area contributed by atoms with Crippen LogP contribution in [0.25, 0.3) is 22.2 Å². The van der Waals surface area contributed by atoms with Crippen LogP contribution in [0.15, 0.2) is 24.4 Å². The molecule has 3 heterocycles. The molecule has 0 aromatic carbocycles. The molecule has 3 aromatic heterocycles. The maximum Gasteiger partial charge on any atom is 0.200 e. The van der Waals surface area contributed by atoms with Gasteiger partial charge in [0.25, 0.3) is 0 Å². The van der Waals surface area contributed by atoms with Gasteiger partial charge in [-0.05, 0) is 49.4 Å². The number of hydrogen-bond donors (Lipinski definition) is 1. The molecule has 0 unspecified atom stereocenters. The maximum atomic E-state index is 5.35. The highest BCUT2D eigenvalue weighted by molar-refractivity contribution is 7.15. The number of nitrogens with zero attached hydrogens (tertiary/aromatic N) is 3. The Labute approximate surface area is 139 Å². The van der Waals surface area contributed by atoms with Gasteiger partial charge in [0.05, 0.1) is 4.88 Å². The molecule has 23 heavy (non-hydrogen) atoms. The first-order chi connectivity index (χ1) is 11.3. The third kappa shape index (κ3) is 2.78. The lowest BCUT2D eigenvalue weighted by atomic mass is 10.1. The zero-order valence-electron chi connectivity index (χ0n) is 12.7. The Morgan fingerprint density at radius 3 is 2.91 bits per heavy atom. The van der Waals surface area contributed by atoms with Gasteiger partial charge in [0.1, 0.15) is 5.69 Å². The van der Waals surface area contributed by atoms with E-state index in [-0.39, 0.29) is 0 Å². The molecule has 1 aliphatic rings. The van der Waals surface area contributed by atoms with Crippen LogP contribution in [0.5, 0.6) is 0 Å². The summed E-state index contributed by atoms with van der Waals surface area (Å²) >= 11 is 1.84. The number of aryl methyl sites for hydroxylation is 2. The summed E-state index contributed by atoms with van der Waals surface area (Å²) in [5.74, 6) is 3.98. The van der Waals surface area contributed by atoms with Crippen LogP contribution in [-0.2, 0) is 12.8 Å². The fourth-order valence-electron chi connectivity index (χ4n) is 2.88. The molecule has 0 spiro atoms. The largest absolute Gasteiger partial charge is 0.258 e. The zero-order chi connectivity index (χ0) is 15.6. The van der Waals surface area contributed by atoms with E-state index in [9.17, 15) is 0 Å². The summed E-state index contributed by atoms with van der Waals surface area (Å²) in [6.07, 6.45) is 13.3. The summed E-state index contributed by atoms with van der Waals surface area (Å²) in [7, 11) is 0. The summed E-state index contributed by atoms with van der Waals surface area (Å²) in [4.78, 5) is 11.6. The predicted octanol–water partition coefficient (Wildman–Crippen LogP) is 3.85. The van der Waals surface area contributed by atoms with Gasteiger partial charge in [0, 0.05) is 16.6 Å². The van der Waals surface area contributed by atoms with Gasteiger partial charge in [-0.1, -0.05) is 12.3 Å². The first-order valence-corrected chi connectivity index (χ1v) is 8.62. The molecule has 1 aliphatic carbocycles. The molecule has 1 N–H and O–H groups in total. The number of H-pyrrole nitrogens is 1. The highest BCUT2D eigenvalue weighted by Crippen LogP contribution is 2.34. The molecule has 4 rings (SSSR count). The number of hydrogen-bond acceptors (Lipinski definition) is 4. The molecular formula is C18H16N4S. The summed E-state index contributed by atoms with van der Waals surface area (Å²) < 4.78 is 0. The second kappa shape index (κ2) is 5.98. The lowest BCUT2D eigenvalue weighted by Gasteiger charge is -1.94. The van der Waals surface area contributed by atoms with Gasteiger partial charge < -0.3 is 0 Å². The summed E-state index contributed by atoms with van der Waals surface area (Å²) in [5.41, 5.74) is 2.97. The molecule has 0 radical (unpaired) electrons. The number of terminal acetylenes is 1. The summed E-state index contributed by atoms with van der Waals surface area (Å²) in [6, 6.07) is 5.97. The van der Waals surface area contributed by atoms with Gasteiger partial charge in [0.2, 0.25) is 0 Å². The Morgan fingerprint density at radius 1 is 1.17 bits per heavy atom. The zero-order valence-corrected chi connectivity index (χ0v) is 13.5. The van der Waals surface area contributed by atoms with Crippen molar-refractivity contribution in [3.05, 3.63) is 40.4 Å². The molecule has 0 atom stereocenters. The molecule has 0 saturated carbocycles. The number of pyridine rings is 1. The average Bonchev–Trinajstić information content (AvgIpc) is 3.18. The van der Waals surface area contributed by atoms with Crippen molar-refractivity contribution in [1.29, 1.82) is 0 Å². The van der Waals surface area contributed by atoms with Crippen LogP contribution >= 0.6 is 11.3 Å². The average molecular weight is 320 g/mol. The van der Waals surface area contributed by atoms with E-state index in [1.54, 1.807) is 6.20 Å². The predicted molar refractivity (Wildman–Crippen MR) is 92.1 cm³/mol. The van der Waals surface area contributed by atoms with E-state index in [0.29, 0.717) is 5.82 Å². The summed E-state index contributed by atoms with van der Waals surface area (Å²) in [6.45, 7) is 0. The van der Waals surface area contributed by atoms with Crippen molar-refractivity contribution in [2.45, 2.75) is 32.1 Å². The molecule has 5 heteroatoms. The second-order valence-electron chi connectivity index (χ2n) is 5.70. The smallest absolute Gasteiger partial charge is 0.200 e. The topological polar surface area (TPSA) is 54.5 Å². The SMILES string of the molecule is C#Cc1ccc(-c2n[nH]c(-c3cc4c(s3)CCCCC4)n2)nc1. The molecule has 0 bridgehead atoms. The molecule has 0 aliphatic heterocycles. The van der Waals surface area contributed by atoms with Crippen LogP contribution in [0.4, 0.5) is 0 Å². The van der Waals surface area contributed by atoms with Gasteiger partial charge in [-0.25, -0.2) is 4.98 Å². The fourth-order valence-corrected chi connectivity index (χ4v) is 4.08. The Morgan fingerprint density at radius 2 is 2.09 bits per heavy atom. The van der Waals surface area contributed by atoms with Crippen molar-refractivity contribution in [2.75, 3.05) is 0 Å². The number of rotatable bonds is 2. The summed E-state index contributed by atoms with van der Waals surface area (Å²) in [5, 5.41) is 7.34. The van der Waals surface area contributed by atoms with Crippen LogP contribution in [0.3, 0.4) is 0 Å². The minimum absolute atomic E-state index is 0.604. The van der Waals surface area contributed by atoms with E-state index in [4.69, 9.17) is 6.42 Å². The third-order valence-corrected chi connectivity index (χ3v) is 5.37. The monoisotopic (exact) mass is 320 g/mol. The number of aromatic nitrogens is 4. The normalized spacial score (nSPS) is 14.0. The van der Waals surface area contributed by atoms with E-state index in [1.165, 1.54) is 42.5 Å². The first-order valence-electron chi connectivity index (χ1n) is 7.81. The molecule has 114 valence electrons. The van der Waals surface area contributed by atoms with Crippen LogP contribution in [0.2, 0.25) is 0 Å². The van der Waals surface area contributed by atoms with Crippen molar-refractivity contribution in [3.8, 4) is 34.6 Å². The minimum atomic E-state index is 0.604. The van der Waals surface area contributed by atoms with Crippen molar-refractivity contribution in [3.63, 3.8) is 0 Å². The van der Waals surface area contributed by atoms with Crippen molar-refractivity contribution in [1.82, 2.24) is 20.2 Å². The molecule has 0 saturated heterocycles. The van der Waals surface area contributed by atoms with Crippen LogP contribution in [0, 0.1) is 12.3 Å². The van der Waals surface area contributed by atoms with Crippen LogP contribution in [-0.4, -0.2) is 20.2 Å². The van der Waals surface area contributed by atoms with E-state index in [0.717, 1.165) is 22.0 Å². The van der Waals surface area contributed by atoms with E-state index in [2.05, 4.69) is 32.2 Å². The van der Waals surface area contributed by atoms with E-state index < -0.39 is 0 Å². The number of aromatic amines is 1. The van der Waals surface area contributed by atoms with Gasteiger partial charge >= 0.3 is 0 Å². The molecule has 0 fully saturated rings. The van der Waals surface area contributed by atoms with Gasteiger partial charge in [-0.3, -0.25) is 10.1 Å². The van der Waals surface area contributed by atoms with Crippen LogP contribution < -0.4 is 0 Å². The fraction of sp³-hybridized carbons (Fsp3) is 0.278. The quantitative estimate of drug-likeness (QED) is 0.576. The highest BCUT2D eigenvalue weighted by Gasteiger charge is 2.16. The number of thiophene rings is 1. The lowest BCUT2D eigenvalue weighted by molar-refractivity contribution is 0.713. The Bertz CT molecular complexity index is 844. The van der Waals surface area contributed by atoms with Gasteiger partial charge in [-0.15, -0.1) is 17.8 Å². The first kappa shape index (κ1) is 14.2. The van der Waals surface area contributed by atoms with E-state index in [1.807, 2.05) is 23.5 Å². The Hall–Kier alpha value is -2.45. The van der Waals surface area contributed by atoms with Crippen LogP contribution in [0.1, 0.15) is 35.3 Å². The standard InChI is InChI=1S/C18H16N4S/c1-2-12-8-9-14(19-11-12)17-20-18(22-21-17)16-10-13-6-4-3-5-7-15(13)23-16/h1,8-11H,3-7H2,(H,20,21,22). The van der Waals surface area contributed by atoms with Gasteiger partial charge in [0.15, 0.2) is 11.6 Å². The lowest BCUT2D eigenvalue weighted by Crippen LogP contribution is -1.86. The third-order valence-electron chi connectivity index (χ3n) is 4.12. The second-order valence-corrected chi connectivity index (χ2v) is 6.84. The van der Waals surface area contributed by atoms with Crippen molar-refractivity contribution < 1.29 is 0 Å². The maximum absolute atomic E-state index is 5.35. The van der Waals surface area contributed by atoms with E-state index >= 15 is 0 Å². The highest BCUT2D eigenvalue weighted by atomic mass is 32.1. The molecular weight excluding hydrogens is 304 g/mol. The number of nitrogens with one attached hydrogen (secondary N) is 1. The molecule has 4 nitrogen and oxygen atoms in total. The molecule has 3 aromatic rings. The Kier molecular flexibility index (Phi) is 3.68. The van der Waals surface area contributed by atoms with Crippen molar-refractivity contribution in [2.24, 2.45) is 0 Å². The number of fused-ring (bicyclic) bond motifs is 1. The van der Waals surface area contributed by atoms with Gasteiger partial charge in [-0.2, -0.15) is 5.10 Å².